The molecule has 0 radical (unpaired) electrons. The van der Waals surface area contributed by atoms with Crippen molar-refractivity contribution in [3.63, 3.8) is 0 Å². The monoisotopic (exact) mass is 260 g/mol. The lowest BCUT2D eigenvalue weighted by molar-refractivity contribution is 0.471. The second-order valence-electron chi connectivity index (χ2n) is 4.56. The number of rotatable bonds is 3. The minimum Gasteiger partial charge on any atom is -0.399 e. The van der Waals surface area contributed by atoms with Gasteiger partial charge in [-0.3, -0.25) is 0 Å². The van der Waals surface area contributed by atoms with Crippen LogP contribution in [-0.2, 0) is 0 Å². The molecule has 0 aliphatic heterocycles. The summed E-state index contributed by atoms with van der Waals surface area (Å²) < 4.78 is 0. The zero-order valence-corrected chi connectivity index (χ0v) is 11.7. The Balaban J connectivity index is 3.24. The number of anilines is 2. The third-order valence-electron chi connectivity index (χ3n) is 3.15. The predicted octanol–water partition coefficient (Wildman–Crippen LogP) is 4.20. The van der Waals surface area contributed by atoms with Gasteiger partial charge in [0.2, 0.25) is 0 Å². The van der Waals surface area contributed by atoms with E-state index in [0.29, 0.717) is 15.7 Å². The summed E-state index contributed by atoms with van der Waals surface area (Å²) >= 11 is 12.4. The molecule has 0 atom stereocenters. The lowest BCUT2D eigenvalue weighted by Crippen LogP contribution is -2.40. The molecule has 0 fully saturated rings. The van der Waals surface area contributed by atoms with Crippen molar-refractivity contribution in [3.05, 3.63) is 22.2 Å². The van der Waals surface area contributed by atoms with E-state index in [4.69, 9.17) is 28.9 Å². The summed E-state index contributed by atoms with van der Waals surface area (Å²) in [4.78, 5) is 2.09. The van der Waals surface area contributed by atoms with Crippen LogP contribution in [0.5, 0.6) is 0 Å². The number of hydrogen-bond donors (Lipinski definition) is 1. The summed E-state index contributed by atoms with van der Waals surface area (Å²) in [5.74, 6) is 0. The molecule has 4 heteroatoms. The van der Waals surface area contributed by atoms with Crippen molar-refractivity contribution in [3.8, 4) is 0 Å². The fourth-order valence-corrected chi connectivity index (χ4v) is 2.20. The molecular formula is C12H18Cl2N2. The van der Waals surface area contributed by atoms with Gasteiger partial charge in [-0.1, -0.05) is 30.1 Å². The maximum atomic E-state index is 6.19. The number of hydrogen-bond acceptors (Lipinski definition) is 2. The van der Waals surface area contributed by atoms with Crippen LogP contribution in [0.1, 0.15) is 27.2 Å². The van der Waals surface area contributed by atoms with E-state index in [9.17, 15) is 0 Å². The maximum Gasteiger partial charge on any atom is 0.0748 e. The Morgan fingerprint density at radius 2 is 1.69 bits per heavy atom. The fraction of sp³-hybridized carbons (Fsp3) is 0.500. The first-order valence-electron chi connectivity index (χ1n) is 5.28. The van der Waals surface area contributed by atoms with Gasteiger partial charge in [-0.15, -0.1) is 0 Å². The van der Waals surface area contributed by atoms with Crippen LogP contribution in [0.25, 0.3) is 0 Å². The third kappa shape index (κ3) is 2.55. The number of nitrogens with zero attached hydrogens (tertiary/aromatic N) is 1. The standard InChI is InChI=1S/C12H18Cl2N2/c1-5-12(2,3)16(4)11-9(13)6-8(15)7-10(11)14/h6-7H,5,15H2,1-4H3. The maximum absolute atomic E-state index is 6.19. The van der Waals surface area contributed by atoms with Crippen LogP contribution in [-0.4, -0.2) is 12.6 Å². The SMILES string of the molecule is CCC(C)(C)N(C)c1c(Cl)cc(N)cc1Cl. The molecule has 16 heavy (non-hydrogen) atoms. The van der Waals surface area contributed by atoms with Crippen LogP contribution >= 0.6 is 23.2 Å². The molecule has 0 bridgehead atoms. The minimum absolute atomic E-state index is 0.00337. The molecule has 90 valence electrons. The van der Waals surface area contributed by atoms with E-state index in [2.05, 4.69) is 25.7 Å². The van der Waals surface area contributed by atoms with E-state index in [1.54, 1.807) is 12.1 Å². The highest BCUT2D eigenvalue weighted by Crippen LogP contribution is 2.38. The topological polar surface area (TPSA) is 29.3 Å². The van der Waals surface area contributed by atoms with Crippen LogP contribution in [0, 0.1) is 0 Å². The molecule has 0 saturated heterocycles. The Morgan fingerprint density at radius 1 is 1.25 bits per heavy atom. The van der Waals surface area contributed by atoms with Gasteiger partial charge in [0.1, 0.15) is 0 Å². The van der Waals surface area contributed by atoms with Crippen LogP contribution in [0.4, 0.5) is 11.4 Å². The molecule has 0 heterocycles. The Morgan fingerprint density at radius 3 is 2.06 bits per heavy atom. The van der Waals surface area contributed by atoms with Gasteiger partial charge in [0.25, 0.3) is 0 Å². The molecule has 0 aliphatic carbocycles. The summed E-state index contributed by atoms with van der Waals surface area (Å²) in [7, 11) is 1.99. The van der Waals surface area contributed by atoms with E-state index < -0.39 is 0 Å². The largest absolute Gasteiger partial charge is 0.399 e. The Labute approximate surface area is 107 Å². The first-order valence-corrected chi connectivity index (χ1v) is 6.03. The number of halogens is 2. The van der Waals surface area contributed by atoms with Crippen molar-refractivity contribution < 1.29 is 0 Å². The van der Waals surface area contributed by atoms with Gasteiger partial charge in [-0.05, 0) is 32.4 Å². The van der Waals surface area contributed by atoms with Crippen LogP contribution in [0.3, 0.4) is 0 Å². The normalized spacial score (nSPS) is 11.6. The molecule has 0 aliphatic rings. The first kappa shape index (κ1) is 13.5. The number of nitrogens with two attached hydrogens (primary N) is 1. The highest BCUT2D eigenvalue weighted by atomic mass is 35.5. The first-order chi connectivity index (χ1) is 7.29. The number of nitrogen functional groups attached to an aromatic ring is 1. The van der Waals surface area contributed by atoms with E-state index in [0.717, 1.165) is 12.1 Å². The van der Waals surface area contributed by atoms with Crippen molar-refractivity contribution in [1.82, 2.24) is 0 Å². The Hall–Kier alpha value is -0.600. The summed E-state index contributed by atoms with van der Waals surface area (Å²) in [6.07, 6.45) is 1.00. The van der Waals surface area contributed by atoms with Crippen molar-refractivity contribution in [2.45, 2.75) is 32.7 Å². The third-order valence-corrected chi connectivity index (χ3v) is 3.72. The van der Waals surface area contributed by atoms with E-state index in [-0.39, 0.29) is 5.54 Å². The molecule has 2 nitrogen and oxygen atoms in total. The van der Waals surface area contributed by atoms with Crippen LogP contribution in [0.2, 0.25) is 10.0 Å². The van der Waals surface area contributed by atoms with Crippen molar-refractivity contribution >= 4 is 34.6 Å². The molecule has 0 unspecified atom stereocenters. The van der Waals surface area contributed by atoms with Gasteiger partial charge in [-0.2, -0.15) is 0 Å². The highest BCUT2D eigenvalue weighted by molar-refractivity contribution is 6.39. The molecule has 0 spiro atoms. The molecular weight excluding hydrogens is 243 g/mol. The minimum atomic E-state index is 0.00337. The van der Waals surface area contributed by atoms with Crippen molar-refractivity contribution in [2.24, 2.45) is 0 Å². The van der Waals surface area contributed by atoms with E-state index >= 15 is 0 Å². The lowest BCUT2D eigenvalue weighted by atomic mass is 9.99. The second kappa shape index (κ2) is 4.72. The summed E-state index contributed by atoms with van der Waals surface area (Å²) in [5, 5.41) is 1.18. The molecule has 0 saturated carbocycles. The van der Waals surface area contributed by atoms with Crippen molar-refractivity contribution in [1.29, 1.82) is 0 Å². The molecule has 0 amide bonds. The van der Waals surface area contributed by atoms with E-state index in [1.165, 1.54) is 0 Å². The van der Waals surface area contributed by atoms with Crippen LogP contribution < -0.4 is 10.6 Å². The zero-order valence-electron chi connectivity index (χ0n) is 10.1. The van der Waals surface area contributed by atoms with Gasteiger partial charge in [0, 0.05) is 18.3 Å². The second-order valence-corrected chi connectivity index (χ2v) is 5.37. The zero-order chi connectivity index (χ0) is 12.5. The van der Waals surface area contributed by atoms with Gasteiger partial charge >= 0.3 is 0 Å². The summed E-state index contributed by atoms with van der Waals surface area (Å²) in [6, 6.07) is 3.45. The summed E-state index contributed by atoms with van der Waals surface area (Å²) in [5.41, 5.74) is 7.11. The average Bonchev–Trinajstić information content (AvgIpc) is 2.15. The average molecular weight is 261 g/mol. The molecule has 1 rings (SSSR count). The predicted molar refractivity (Wildman–Crippen MR) is 73.6 cm³/mol. The van der Waals surface area contributed by atoms with Gasteiger partial charge < -0.3 is 10.6 Å². The van der Waals surface area contributed by atoms with E-state index in [1.807, 2.05) is 7.05 Å². The van der Waals surface area contributed by atoms with Gasteiger partial charge in [-0.25, -0.2) is 0 Å². The lowest BCUT2D eigenvalue weighted by Gasteiger charge is -2.37. The fourth-order valence-electron chi connectivity index (χ4n) is 1.45. The molecule has 0 aromatic heterocycles. The number of benzene rings is 1. The summed E-state index contributed by atoms with van der Waals surface area (Å²) in [6.45, 7) is 6.43. The smallest absolute Gasteiger partial charge is 0.0748 e. The Kier molecular flexibility index (Phi) is 3.97. The molecule has 2 N–H and O–H groups in total. The quantitative estimate of drug-likeness (QED) is 0.826. The van der Waals surface area contributed by atoms with Crippen molar-refractivity contribution in [2.75, 3.05) is 17.7 Å². The molecule has 1 aromatic rings. The molecule has 1 aromatic carbocycles. The van der Waals surface area contributed by atoms with Gasteiger partial charge in [0.05, 0.1) is 15.7 Å². The highest BCUT2D eigenvalue weighted by Gasteiger charge is 2.25. The Bertz CT molecular complexity index is 366. The van der Waals surface area contributed by atoms with Gasteiger partial charge in [0.15, 0.2) is 0 Å². The van der Waals surface area contributed by atoms with Crippen LogP contribution in [0.15, 0.2) is 12.1 Å².